The van der Waals surface area contributed by atoms with Crippen LogP contribution in [0.3, 0.4) is 0 Å². The van der Waals surface area contributed by atoms with Crippen LogP contribution < -0.4 is 15.5 Å². The molecule has 3 N–H and O–H groups in total. The molecular weight excluding hydrogens is 341 g/mol. The quantitative estimate of drug-likeness (QED) is 0.713. The largest absolute Gasteiger partial charge is 0.356 e. The molecule has 1 fully saturated rings. The summed E-state index contributed by atoms with van der Waals surface area (Å²) in [5.41, 5.74) is 1.31. The van der Waals surface area contributed by atoms with Crippen LogP contribution in [0.15, 0.2) is 35.7 Å². The van der Waals surface area contributed by atoms with Crippen molar-refractivity contribution in [2.24, 2.45) is 0 Å². The number of quaternary nitrogens is 1. The molecular formula is C18H23FN3S2+. The van der Waals surface area contributed by atoms with Gasteiger partial charge in [0.25, 0.3) is 0 Å². The Morgan fingerprint density at radius 2 is 2.12 bits per heavy atom. The highest BCUT2D eigenvalue weighted by Crippen LogP contribution is 2.17. The number of likely N-dealkylation sites (tertiary alicyclic amines) is 1. The first-order chi connectivity index (χ1) is 11.6. The predicted molar refractivity (Wildman–Crippen MR) is 102 cm³/mol. The molecule has 1 atom stereocenters. The van der Waals surface area contributed by atoms with E-state index in [-0.39, 0.29) is 5.82 Å². The molecule has 2 heterocycles. The Morgan fingerprint density at radius 1 is 1.33 bits per heavy atom. The van der Waals surface area contributed by atoms with E-state index in [9.17, 15) is 4.39 Å². The van der Waals surface area contributed by atoms with Crippen LogP contribution in [-0.2, 0) is 0 Å². The van der Waals surface area contributed by atoms with Crippen molar-refractivity contribution in [1.29, 1.82) is 0 Å². The number of nitrogens with one attached hydrogen (secondary N) is 3. The molecule has 3 rings (SSSR count). The number of rotatable bonds is 5. The van der Waals surface area contributed by atoms with Crippen molar-refractivity contribution >= 4 is 34.4 Å². The molecule has 0 spiro atoms. The maximum atomic E-state index is 13.6. The summed E-state index contributed by atoms with van der Waals surface area (Å²) in [7, 11) is 0. The van der Waals surface area contributed by atoms with Crippen LogP contribution >= 0.6 is 23.6 Å². The number of thiocarbonyl (C=S) groups is 1. The normalized spacial score (nSPS) is 16.1. The van der Waals surface area contributed by atoms with E-state index in [0.717, 1.165) is 6.54 Å². The molecule has 0 aliphatic carbocycles. The number of hydrogen-bond acceptors (Lipinski definition) is 2. The van der Waals surface area contributed by atoms with E-state index in [1.807, 2.05) is 6.07 Å². The molecule has 0 unspecified atom stereocenters. The molecule has 1 aliphatic heterocycles. The van der Waals surface area contributed by atoms with Gasteiger partial charge in [-0.05, 0) is 48.3 Å². The third-order valence-corrected chi connectivity index (χ3v) is 5.75. The summed E-state index contributed by atoms with van der Waals surface area (Å²) in [5.74, 6) is -0.222. The predicted octanol–water partition coefficient (Wildman–Crippen LogP) is 2.90. The van der Waals surface area contributed by atoms with E-state index < -0.39 is 0 Å². The van der Waals surface area contributed by atoms with Gasteiger partial charge in [-0.2, -0.15) is 0 Å². The maximum absolute atomic E-state index is 13.6. The second kappa shape index (κ2) is 8.05. The molecule has 2 aromatic rings. The van der Waals surface area contributed by atoms with Gasteiger partial charge in [0.1, 0.15) is 11.9 Å². The van der Waals surface area contributed by atoms with Crippen molar-refractivity contribution < 1.29 is 9.29 Å². The van der Waals surface area contributed by atoms with E-state index >= 15 is 0 Å². The molecule has 3 nitrogen and oxygen atoms in total. The Kier molecular flexibility index (Phi) is 5.81. The van der Waals surface area contributed by atoms with Gasteiger partial charge in [-0.3, -0.25) is 0 Å². The Balaban J connectivity index is 1.59. The Labute approximate surface area is 151 Å². The van der Waals surface area contributed by atoms with Crippen molar-refractivity contribution in [3.05, 3.63) is 52.0 Å². The van der Waals surface area contributed by atoms with Crippen LogP contribution in [0.4, 0.5) is 10.1 Å². The van der Waals surface area contributed by atoms with Gasteiger partial charge >= 0.3 is 0 Å². The van der Waals surface area contributed by atoms with Crippen molar-refractivity contribution in [3.8, 4) is 0 Å². The smallest absolute Gasteiger partial charge is 0.171 e. The average Bonchev–Trinajstić information content (AvgIpc) is 3.25. The highest BCUT2D eigenvalue weighted by molar-refractivity contribution is 7.80. The van der Waals surface area contributed by atoms with Crippen LogP contribution in [0.1, 0.15) is 29.3 Å². The number of halogens is 1. The fraction of sp³-hybridized carbons (Fsp3) is 0.389. The molecule has 1 saturated heterocycles. The van der Waals surface area contributed by atoms with Gasteiger partial charge in [-0.1, -0.05) is 12.1 Å². The molecule has 24 heavy (non-hydrogen) atoms. The van der Waals surface area contributed by atoms with Crippen LogP contribution in [0, 0.1) is 12.7 Å². The lowest BCUT2D eigenvalue weighted by Gasteiger charge is -2.24. The lowest BCUT2D eigenvalue weighted by molar-refractivity contribution is -0.918. The molecule has 0 amide bonds. The fourth-order valence-electron chi connectivity index (χ4n) is 3.15. The highest BCUT2D eigenvalue weighted by atomic mass is 32.1. The van der Waals surface area contributed by atoms with Gasteiger partial charge in [-0.25, -0.2) is 4.39 Å². The summed E-state index contributed by atoms with van der Waals surface area (Å²) in [6, 6.07) is 9.80. The zero-order valence-electron chi connectivity index (χ0n) is 13.8. The highest BCUT2D eigenvalue weighted by Gasteiger charge is 2.28. The van der Waals surface area contributed by atoms with Crippen molar-refractivity contribution in [2.45, 2.75) is 25.8 Å². The molecule has 0 bridgehead atoms. The van der Waals surface area contributed by atoms with E-state index in [4.69, 9.17) is 12.2 Å². The van der Waals surface area contributed by atoms with Gasteiger partial charge in [-0.15, -0.1) is 11.3 Å². The summed E-state index contributed by atoms with van der Waals surface area (Å²) in [6.45, 7) is 4.97. The summed E-state index contributed by atoms with van der Waals surface area (Å²) >= 11 is 7.19. The third-order valence-electron chi connectivity index (χ3n) is 4.52. The van der Waals surface area contributed by atoms with Crippen molar-refractivity contribution in [3.63, 3.8) is 0 Å². The minimum absolute atomic E-state index is 0.222. The lowest BCUT2D eigenvalue weighted by atomic mass is 10.2. The lowest BCUT2D eigenvalue weighted by Crippen LogP contribution is -3.11. The van der Waals surface area contributed by atoms with E-state index in [1.165, 1.54) is 36.9 Å². The summed E-state index contributed by atoms with van der Waals surface area (Å²) in [4.78, 5) is 3.01. The van der Waals surface area contributed by atoms with Gasteiger partial charge < -0.3 is 15.5 Å². The molecule has 6 heteroatoms. The van der Waals surface area contributed by atoms with Gasteiger partial charge in [0, 0.05) is 18.5 Å². The average molecular weight is 365 g/mol. The van der Waals surface area contributed by atoms with Gasteiger partial charge in [0.15, 0.2) is 5.11 Å². The summed E-state index contributed by atoms with van der Waals surface area (Å²) < 4.78 is 13.6. The third kappa shape index (κ3) is 4.32. The van der Waals surface area contributed by atoms with Gasteiger partial charge in [0.05, 0.1) is 24.5 Å². The number of hydrogen-bond donors (Lipinski definition) is 3. The molecule has 1 aromatic carbocycles. The first kappa shape index (κ1) is 17.3. The molecule has 0 radical (unpaired) electrons. The first-order valence-electron chi connectivity index (χ1n) is 8.32. The number of anilines is 1. The zero-order chi connectivity index (χ0) is 16.9. The van der Waals surface area contributed by atoms with Crippen molar-refractivity contribution in [1.82, 2.24) is 5.32 Å². The van der Waals surface area contributed by atoms with Gasteiger partial charge in [0.2, 0.25) is 0 Å². The van der Waals surface area contributed by atoms with Crippen LogP contribution in [0.25, 0.3) is 0 Å². The monoisotopic (exact) mass is 364 g/mol. The first-order valence-corrected chi connectivity index (χ1v) is 9.61. The summed E-state index contributed by atoms with van der Waals surface area (Å²) in [6.07, 6.45) is 2.59. The number of thiophene rings is 1. The summed E-state index contributed by atoms with van der Waals surface area (Å²) in [5, 5.41) is 9.06. The van der Waals surface area contributed by atoms with E-state index in [1.54, 1.807) is 29.2 Å². The van der Waals surface area contributed by atoms with Crippen LogP contribution in [-0.4, -0.2) is 24.7 Å². The Bertz CT molecular complexity index is 682. The fourth-order valence-corrected chi connectivity index (χ4v) is 4.24. The molecule has 1 aromatic heterocycles. The van der Waals surface area contributed by atoms with E-state index in [2.05, 4.69) is 28.1 Å². The van der Waals surface area contributed by atoms with Crippen molar-refractivity contribution in [2.75, 3.05) is 25.0 Å². The Hall–Kier alpha value is -1.50. The standard InChI is InChI=1S/C18H22FN3S2/c1-13-6-7-14(11-15(13)19)21-18(23)20-12-16(17-5-4-10-24-17)22-8-2-3-9-22/h4-7,10-11,16H,2-3,8-9,12H2,1H3,(H2,20,21,23)/p+1/t16-/m0/s1. The van der Waals surface area contributed by atoms with Crippen LogP contribution in [0.5, 0.6) is 0 Å². The molecule has 128 valence electrons. The van der Waals surface area contributed by atoms with E-state index in [0.29, 0.717) is 22.4 Å². The second-order valence-corrected chi connectivity index (χ2v) is 7.62. The Morgan fingerprint density at radius 3 is 2.79 bits per heavy atom. The van der Waals surface area contributed by atoms with Crippen LogP contribution in [0.2, 0.25) is 0 Å². The molecule has 0 saturated carbocycles. The maximum Gasteiger partial charge on any atom is 0.171 e. The second-order valence-electron chi connectivity index (χ2n) is 6.23. The number of aryl methyl sites for hydroxylation is 1. The zero-order valence-corrected chi connectivity index (χ0v) is 15.4. The molecule has 1 aliphatic rings. The minimum atomic E-state index is -0.222. The topological polar surface area (TPSA) is 28.5 Å². The number of benzene rings is 1. The SMILES string of the molecule is Cc1ccc(NC(=S)NC[C@@H](c2cccs2)[NH+]2CCCC2)cc1F. The minimum Gasteiger partial charge on any atom is -0.356 e.